The molecular formula is C14H17NO6. The van der Waals surface area contributed by atoms with Gasteiger partial charge in [0.1, 0.15) is 6.10 Å². The summed E-state index contributed by atoms with van der Waals surface area (Å²) in [5.41, 5.74) is -2.04. The van der Waals surface area contributed by atoms with Crippen LogP contribution in [0, 0.1) is 0 Å². The average molecular weight is 295 g/mol. The first-order chi connectivity index (χ1) is 9.81. The number of para-hydroxylation sites is 2. The molecule has 1 amide bonds. The Morgan fingerprint density at radius 1 is 1.29 bits per heavy atom. The molecule has 0 saturated carbocycles. The molecular weight excluding hydrogens is 278 g/mol. The van der Waals surface area contributed by atoms with Crippen LogP contribution >= 0.6 is 0 Å². The molecule has 0 bridgehead atoms. The summed E-state index contributed by atoms with van der Waals surface area (Å²) in [7, 11) is 0. The number of carbonyl (C=O) groups excluding carboxylic acids is 1. The van der Waals surface area contributed by atoms with Gasteiger partial charge in [0, 0.05) is 0 Å². The summed E-state index contributed by atoms with van der Waals surface area (Å²) >= 11 is 0. The first-order valence-corrected chi connectivity index (χ1v) is 6.47. The van der Waals surface area contributed by atoms with Gasteiger partial charge in [-0.15, -0.1) is 0 Å². The van der Waals surface area contributed by atoms with E-state index in [2.05, 4.69) is 5.32 Å². The Bertz CT molecular complexity index is 556. The van der Waals surface area contributed by atoms with Crippen LogP contribution in [0.5, 0.6) is 11.5 Å². The van der Waals surface area contributed by atoms with Gasteiger partial charge in [-0.2, -0.15) is 0 Å². The smallest absolute Gasteiger partial charge is 0.337 e. The van der Waals surface area contributed by atoms with Crippen molar-refractivity contribution < 1.29 is 29.3 Å². The minimum atomic E-state index is -2.04. The monoisotopic (exact) mass is 295 g/mol. The Balaban J connectivity index is 2.02. The first-order valence-electron chi connectivity index (χ1n) is 6.47. The summed E-state index contributed by atoms with van der Waals surface area (Å²) in [6, 6.07) is 6.95. The lowest BCUT2D eigenvalue weighted by atomic mass is 10.1. The molecule has 1 aliphatic rings. The van der Waals surface area contributed by atoms with Crippen LogP contribution in [-0.4, -0.2) is 46.4 Å². The van der Waals surface area contributed by atoms with Crippen LogP contribution in [-0.2, 0) is 9.59 Å². The van der Waals surface area contributed by atoms with Gasteiger partial charge in [-0.3, -0.25) is 4.79 Å². The van der Waals surface area contributed by atoms with Gasteiger partial charge in [0.2, 0.25) is 6.10 Å². The molecule has 3 N–H and O–H groups in total. The molecule has 3 unspecified atom stereocenters. The summed E-state index contributed by atoms with van der Waals surface area (Å²) in [5.74, 6) is -0.965. The number of aliphatic carboxylic acids is 1. The largest absolute Gasteiger partial charge is 0.482 e. The van der Waals surface area contributed by atoms with Gasteiger partial charge in [0.15, 0.2) is 17.1 Å². The third-order valence-corrected chi connectivity index (χ3v) is 3.17. The van der Waals surface area contributed by atoms with Crippen molar-refractivity contribution in [2.24, 2.45) is 0 Å². The minimum Gasteiger partial charge on any atom is -0.482 e. The van der Waals surface area contributed by atoms with E-state index >= 15 is 0 Å². The highest BCUT2D eigenvalue weighted by molar-refractivity contribution is 5.84. The lowest BCUT2D eigenvalue weighted by Crippen LogP contribution is -2.53. The van der Waals surface area contributed by atoms with E-state index in [0.29, 0.717) is 11.5 Å². The van der Waals surface area contributed by atoms with E-state index in [-0.39, 0.29) is 0 Å². The lowest BCUT2D eigenvalue weighted by molar-refractivity contribution is -0.156. The second-order valence-electron chi connectivity index (χ2n) is 5.10. The van der Waals surface area contributed by atoms with E-state index in [9.17, 15) is 14.7 Å². The van der Waals surface area contributed by atoms with Crippen molar-refractivity contribution in [3.05, 3.63) is 24.3 Å². The molecule has 1 aromatic rings. The van der Waals surface area contributed by atoms with Crippen LogP contribution in [0.25, 0.3) is 0 Å². The fraction of sp³-hybridized carbons (Fsp3) is 0.429. The molecule has 1 heterocycles. The van der Waals surface area contributed by atoms with Crippen molar-refractivity contribution >= 4 is 11.9 Å². The van der Waals surface area contributed by atoms with Crippen LogP contribution in [0.4, 0.5) is 0 Å². The predicted molar refractivity (Wildman–Crippen MR) is 72.2 cm³/mol. The van der Waals surface area contributed by atoms with Gasteiger partial charge in [0.05, 0.1) is 6.54 Å². The Hall–Kier alpha value is -2.28. The molecule has 0 saturated heterocycles. The van der Waals surface area contributed by atoms with Crippen LogP contribution in [0.3, 0.4) is 0 Å². The molecule has 0 spiro atoms. The van der Waals surface area contributed by atoms with E-state index in [1.807, 2.05) is 0 Å². The summed E-state index contributed by atoms with van der Waals surface area (Å²) in [6.07, 6.45) is -1.45. The molecule has 0 aromatic heterocycles. The van der Waals surface area contributed by atoms with Crippen LogP contribution < -0.4 is 14.8 Å². The first kappa shape index (κ1) is 15.1. The van der Waals surface area contributed by atoms with Gasteiger partial charge in [0.25, 0.3) is 5.91 Å². The van der Waals surface area contributed by atoms with Gasteiger partial charge < -0.3 is 25.0 Å². The van der Waals surface area contributed by atoms with E-state index in [1.165, 1.54) is 0 Å². The normalized spacial score (nSPS) is 23.0. The molecule has 1 aromatic carbocycles. The van der Waals surface area contributed by atoms with Gasteiger partial charge in [-0.25, -0.2) is 4.79 Å². The van der Waals surface area contributed by atoms with Gasteiger partial charge in [-0.1, -0.05) is 12.1 Å². The van der Waals surface area contributed by atoms with E-state index in [1.54, 1.807) is 31.2 Å². The van der Waals surface area contributed by atoms with Crippen molar-refractivity contribution in [1.29, 1.82) is 0 Å². The van der Waals surface area contributed by atoms with Crippen molar-refractivity contribution in [3.8, 4) is 11.5 Å². The number of hydrogen-bond acceptors (Lipinski definition) is 5. The zero-order chi connectivity index (χ0) is 15.6. The van der Waals surface area contributed by atoms with Gasteiger partial charge >= 0.3 is 5.97 Å². The summed E-state index contributed by atoms with van der Waals surface area (Å²) in [6.45, 7) is 2.36. The lowest BCUT2D eigenvalue weighted by Gasteiger charge is -2.31. The highest BCUT2D eigenvalue weighted by atomic mass is 16.6. The van der Waals surface area contributed by atoms with Crippen LogP contribution in [0.2, 0.25) is 0 Å². The molecule has 21 heavy (non-hydrogen) atoms. The van der Waals surface area contributed by atoms with Gasteiger partial charge in [-0.05, 0) is 26.0 Å². The summed E-state index contributed by atoms with van der Waals surface area (Å²) in [5, 5.41) is 20.7. The van der Waals surface area contributed by atoms with E-state index in [4.69, 9.17) is 14.6 Å². The number of carboxylic acid groups (broad SMARTS) is 1. The number of aliphatic hydroxyl groups is 1. The molecule has 0 fully saturated rings. The number of rotatable bonds is 4. The summed E-state index contributed by atoms with van der Waals surface area (Å²) < 4.78 is 11.1. The highest BCUT2D eigenvalue weighted by Crippen LogP contribution is 2.33. The van der Waals surface area contributed by atoms with E-state index in [0.717, 1.165) is 6.92 Å². The predicted octanol–water partition coefficient (Wildman–Crippen LogP) is 0.167. The Kier molecular flexibility index (Phi) is 4.04. The van der Waals surface area contributed by atoms with Crippen molar-refractivity contribution in [3.63, 3.8) is 0 Å². The number of hydrogen-bond donors (Lipinski definition) is 3. The molecule has 114 valence electrons. The minimum absolute atomic E-state index is 0.421. The van der Waals surface area contributed by atoms with Crippen LogP contribution in [0.15, 0.2) is 24.3 Å². The number of ether oxygens (including phenoxy) is 2. The fourth-order valence-electron chi connectivity index (χ4n) is 1.84. The average Bonchev–Trinajstić information content (AvgIpc) is 2.44. The molecule has 3 atom stereocenters. The standard InChI is InChI=1S/C14H17NO6/c1-8-11(12(16)15-7-14(2,19)13(17)18)21-10-6-4-3-5-9(10)20-8/h3-6,8,11,19H,7H2,1-2H3,(H,15,16)(H,17,18). The molecule has 2 rings (SSSR count). The fourth-order valence-corrected chi connectivity index (χ4v) is 1.84. The Labute approximate surface area is 121 Å². The third-order valence-electron chi connectivity index (χ3n) is 3.17. The van der Waals surface area contributed by atoms with Crippen LogP contribution in [0.1, 0.15) is 13.8 Å². The molecule has 1 aliphatic heterocycles. The quantitative estimate of drug-likeness (QED) is 0.731. The topological polar surface area (TPSA) is 105 Å². The third kappa shape index (κ3) is 3.25. The van der Waals surface area contributed by atoms with E-state index < -0.39 is 36.2 Å². The maximum atomic E-state index is 12.1. The number of benzene rings is 1. The zero-order valence-corrected chi connectivity index (χ0v) is 11.7. The molecule has 7 nitrogen and oxygen atoms in total. The Morgan fingerprint density at radius 2 is 1.86 bits per heavy atom. The molecule has 7 heteroatoms. The summed E-state index contributed by atoms with van der Waals surface area (Å²) in [4.78, 5) is 22.8. The second kappa shape index (κ2) is 5.61. The number of nitrogens with one attached hydrogen (secondary N) is 1. The second-order valence-corrected chi connectivity index (χ2v) is 5.10. The number of fused-ring (bicyclic) bond motifs is 1. The number of amides is 1. The van der Waals surface area contributed by atoms with Crippen molar-refractivity contribution in [2.45, 2.75) is 31.7 Å². The molecule has 0 aliphatic carbocycles. The zero-order valence-electron chi connectivity index (χ0n) is 11.7. The van der Waals surface area contributed by atoms with Crippen molar-refractivity contribution in [1.82, 2.24) is 5.32 Å². The highest BCUT2D eigenvalue weighted by Gasteiger charge is 2.36. The van der Waals surface area contributed by atoms with Crippen molar-refractivity contribution in [2.75, 3.05) is 6.54 Å². The number of carboxylic acids is 1. The molecule has 0 radical (unpaired) electrons. The maximum Gasteiger partial charge on any atom is 0.337 e. The number of carbonyl (C=O) groups is 2. The SMILES string of the molecule is CC1Oc2ccccc2OC1C(=O)NCC(C)(O)C(=O)O. The Morgan fingerprint density at radius 3 is 2.43 bits per heavy atom. The maximum absolute atomic E-state index is 12.1.